The summed E-state index contributed by atoms with van der Waals surface area (Å²) in [6.45, 7) is 4.82. The standard InChI is InChI=1S/C17H19N3O3/c1-13(2)12-23-17-6-4-3-5-14(17)11-18-19-15-7-9-16(10-8-15)20(21)22/h3-11,13,19H,12H2,1-2H3/b18-11+. The van der Waals surface area contributed by atoms with E-state index in [-0.39, 0.29) is 5.69 Å². The van der Waals surface area contributed by atoms with Gasteiger partial charge in [-0.3, -0.25) is 15.5 Å². The average molecular weight is 313 g/mol. The van der Waals surface area contributed by atoms with E-state index >= 15 is 0 Å². The van der Waals surface area contributed by atoms with Gasteiger partial charge in [0.05, 0.1) is 23.4 Å². The van der Waals surface area contributed by atoms with Crippen LogP contribution in [0.4, 0.5) is 11.4 Å². The van der Waals surface area contributed by atoms with Crippen molar-refractivity contribution in [3.8, 4) is 5.75 Å². The number of para-hydroxylation sites is 1. The molecule has 0 heterocycles. The Labute approximate surface area is 134 Å². The largest absolute Gasteiger partial charge is 0.493 e. The van der Waals surface area contributed by atoms with Crippen molar-refractivity contribution >= 4 is 17.6 Å². The lowest BCUT2D eigenvalue weighted by molar-refractivity contribution is -0.384. The maximum atomic E-state index is 10.6. The maximum absolute atomic E-state index is 10.6. The van der Waals surface area contributed by atoms with Gasteiger partial charge in [0.15, 0.2) is 0 Å². The van der Waals surface area contributed by atoms with E-state index in [0.717, 1.165) is 11.3 Å². The van der Waals surface area contributed by atoms with Crippen LogP contribution in [0.25, 0.3) is 0 Å². The molecular weight excluding hydrogens is 294 g/mol. The molecule has 0 radical (unpaired) electrons. The zero-order valence-electron chi connectivity index (χ0n) is 13.1. The van der Waals surface area contributed by atoms with Crippen LogP contribution in [0, 0.1) is 16.0 Å². The van der Waals surface area contributed by atoms with Gasteiger partial charge < -0.3 is 4.74 Å². The molecule has 2 aromatic rings. The molecule has 0 saturated carbocycles. The van der Waals surface area contributed by atoms with E-state index in [0.29, 0.717) is 18.2 Å². The van der Waals surface area contributed by atoms with Crippen LogP contribution in [-0.4, -0.2) is 17.7 Å². The van der Waals surface area contributed by atoms with Gasteiger partial charge in [0.25, 0.3) is 5.69 Å². The summed E-state index contributed by atoms with van der Waals surface area (Å²) in [7, 11) is 0. The van der Waals surface area contributed by atoms with Crippen molar-refractivity contribution in [1.82, 2.24) is 0 Å². The normalized spacial score (nSPS) is 10.9. The van der Waals surface area contributed by atoms with E-state index in [9.17, 15) is 10.1 Å². The molecule has 6 nitrogen and oxygen atoms in total. The third-order valence-electron chi connectivity index (χ3n) is 2.97. The summed E-state index contributed by atoms with van der Waals surface area (Å²) >= 11 is 0. The minimum absolute atomic E-state index is 0.0481. The number of ether oxygens (including phenoxy) is 1. The van der Waals surface area contributed by atoms with Gasteiger partial charge in [0, 0.05) is 17.7 Å². The van der Waals surface area contributed by atoms with Crippen molar-refractivity contribution in [2.45, 2.75) is 13.8 Å². The van der Waals surface area contributed by atoms with E-state index in [1.165, 1.54) is 12.1 Å². The third-order valence-corrected chi connectivity index (χ3v) is 2.97. The van der Waals surface area contributed by atoms with Crippen LogP contribution in [0.2, 0.25) is 0 Å². The number of anilines is 1. The van der Waals surface area contributed by atoms with E-state index < -0.39 is 4.92 Å². The highest BCUT2D eigenvalue weighted by Gasteiger charge is 2.04. The zero-order chi connectivity index (χ0) is 16.7. The third kappa shape index (κ3) is 5.10. The lowest BCUT2D eigenvalue weighted by atomic mass is 10.2. The van der Waals surface area contributed by atoms with E-state index in [2.05, 4.69) is 24.4 Å². The number of benzene rings is 2. The van der Waals surface area contributed by atoms with Crippen molar-refractivity contribution in [2.75, 3.05) is 12.0 Å². The Bertz CT molecular complexity index is 682. The predicted octanol–water partition coefficient (Wildman–Crippen LogP) is 4.08. The predicted molar refractivity (Wildman–Crippen MR) is 91.1 cm³/mol. The zero-order valence-corrected chi connectivity index (χ0v) is 13.1. The first kappa shape index (κ1) is 16.5. The van der Waals surface area contributed by atoms with Crippen molar-refractivity contribution in [3.63, 3.8) is 0 Å². The summed E-state index contributed by atoms with van der Waals surface area (Å²) in [6, 6.07) is 13.7. The fourth-order valence-electron chi connectivity index (χ4n) is 1.81. The summed E-state index contributed by atoms with van der Waals surface area (Å²) in [5.74, 6) is 1.22. The molecule has 0 unspecified atom stereocenters. The molecule has 0 aromatic heterocycles. The second kappa shape index (κ2) is 7.93. The van der Waals surface area contributed by atoms with Crippen LogP contribution in [0.1, 0.15) is 19.4 Å². The fraction of sp³-hybridized carbons (Fsp3) is 0.235. The van der Waals surface area contributed by atoms with E-state index in [4.69, 9.17) is 4.74 Å². The number of nitro groups is 1. The number of hydrazone groups is 1. The number of nitro benzene ring substituents is 1. The molecule has 0 saturated heterocycles. The second-order valence-corrected chi connectivity index (χ2v) is 5.42. The Morgan fingerprint density at radius 2 is 1.91 bits per heavy atom. The molecule has 0 aliphatic heterocycles. The lowest BCUT2D eigenvalue weighted by Gasteiger charge is -2.10. The Hall–Kier alpha value is -2.89. The summed E-state index contributed by atoms with van der Waals surface area (Å²) in [5, 5.41) is 14.7. The second-order valence-electron chi connectivity index (χ2n) is 5.42. The van der Waals surface area contributed by atoms with Gasteiger partial charge in [-0.05, 0) is 30.2 Å². The minimum Gasteiger partial charge on any atom is -0.493 e. The Balaban J connectivity index is 2.01. The highest BCUT2D eigenvalue weighted by Crippen LogP contribution is 2.18. The fourth-order valence-corrected chi connectivity index (χ4v) is 1.81. The Morgan fingerprint density at radius 3 is 2.57 bits per heavy atom. The van der Waals surface area contributed by atoms with Gasteiger partial charge in [0.1, 0.15) is 5.75 Å². The highest BCUT2D eigenvalue weighted by atomic mass is 16.6. The van der Waals surface area contributed by atoms with E-state index in [1.807, 2.05) is 24.3 Å². The molecule has 0 bridgehead atoms. The minimum atomic E-state index is -0.435. The molecular formula is C17H19N3O3. The van der Waals surface area contributed by atoms with Crippen molar-refractivity contribution in [2.24, 2.45) is 11.0 Å². The number of hydrogen-bond donors (Lipinski definition) is 1. The first-order chi connectivity index (χ1) is 11.1. The summed E-state index contributed by atoms with van der Waals surface area (Å²) in [4.78, 5) is 10.2. The molecule has 0 aliphatic carbocycles. The highest BCUT2D eigenvalue weighted by molar-refractivity contribution is 5.84. The van der Waals surface area contributed by atoms with Crippen LogP contribution < -0.4 is 10.2 Å². The molecule has 0 spiro atoms. The molecule has 0 fully saturated rings. The van der Waals surface area contributed by atoms with Crippen molar-refractivity contribution in [1.29, 1.82) is 0 Å². The monoisotopic (exact) mass is 313 g/mol. The average Bonchev–Trinajstić information content (AvgIpc) is 2.54. The Kier molecular flexibility index (Phi) is 5.68. The lowest BCUT2D eigenvalue weighted by Crippen LogP contribution is -2.06. The number of non-ortho nitro benzene ring substituents is 1. The van der Waals surface area contributed by atoms with Gasteiger partial charge in [0.2, 0.25) is 0 Å². The van der Waals surface area contributed by atoms with E-state index in [1.54, 1.807) is 18.3 Å². The molecule has 1 N–H and O–H groups in total. The quantitative estimate of drug-likeness (QED) is 0.475. The molecule has 2 rings (SSSR count). The van der Waals surface area contributed by atoms with Gasteiger partial charge in [-0.15, -0.1) is 0 Å². The topological polar surface area (TPSA) is 76.8 Å². The van der Waals surface area contributed by atoms with Gasteiger partial charge in [-0.2, -0.15) is 5.10 Å². The molecule has 6 heteroatoms. The summed E-state index contributed by atoms with van der Waals surface area (Å²) in [5.41, 5.74) is 4.43. The van der Waals surface area contributed by atoms with Crippen LogP contribution >= 0.6 is 0 Å². The molecule has 0 amide bonds. The maximum Gasteiger partial charge on any atom is 0.269 e. The Morgan fingerprint density at radius 1 is 1.22 bits per heavy atom. The first-order valence-corrected chi connectivity index (χ1v) is 7.31. The SMILES string of the molecule is CC(C)COc1ccccc1/C=N/Nc1ccc([N+](=O)[O-])cc1. The van der Waals surface area contributed by atoms with Crippen molar-refractivity contribution < 1.29 is 9.66 Å². The molecule has 0 aliphatic rings. The van der Waals surface area contributed by atoms with Gasteiger partial charge in [-0.25, -0.2) is 0 Å². The first-order valence-electron chi connectivity index (χ1n) is 7.31. The molecule has 2 aromatic carbocycles. The molecule has 120 valence electrons. The summed E-state index contributed by atoms with van der Waals surface area (Å²) < 4.78 is 5.75. The molecule has 0 atom stereocenters. The number of rotatable bonds is 7. The van der Waals surface area contributed by atoms with Crippen molar-refractivity contribution in [3.05, 3.63) is 64.2 Å². The smallest absolute Gasteiger partial charge is 0.269 e. The van der Waals surface area contributed by atoms with Gasteiger partial charge in [-0.1, -0.05) is 26.0 Å². The van der Waals surface area contributed by atoms with Crippen LogP contribution in [0.15, 0.2) is 53.6 Å². The van der Waals surface area contributed by atoms with Gasteiger partial charge >= 0.3 is 0 Å². The molecule has 23 heavy (non-hydrogen) atoms. The number of nitrogens with zero attached hydrogens (tertiary/aromatic N) is 2. The van der Waals surface area contributed by atoms with Crippen LogP contribution in [-0.2, 0) is 0 Å². The number of nitrogens with one attached hydrogen (secondary N) is 1. The van der Waals surface area contributed by atoms with Crippen LogP contribution in [0.3, 0.4) is 0 Å². The van der Waals surface area contributed by atoms with Crippen LogP contribution in [0.5, 0.6) is 5.75 Å². The summed E-state index contributed by atoms with van der Waals surface area (Å²) in [6.07, 6.45) is 1.66. The number of hydrogen-bond acceptors (Lipinski definition) is 5.